The van der Waals surface area contributed by atoms with Crippen LogP contribution in [0.15, 0.2) is 24.3 Å². The van der Waals surface area contributed by atoms with Crippen LogP contribution in [-0.4, -0.2) is 27.7 Å². The van der Waals surface area contributed by atoms with Crippen molar-refractivity contribution in [1.29, 1.82) is 0 Å². The maximum absolute atomic E-state index is 9.87. The molecule has 1 saturated heterocycles. The number of aliphatic hydroxyl groups excluding tert-OH is 1. The number of hydrogen-bond donors (Lipinski definition) is 1. The Morgan fingerprint density at radius 2 is 2.13 bits per heavy atom. The number of fused-ring (bicyclic) bond motifs is 1. The summed E-state index contributed by atoms with van der Waals surface area (Å²) >= 11 is 0. The van der Waals surface area contributed by atoms with Crippen molar-refractivity contribution in [3.63, 3.8) is 0 Å². The molecule has 2 atom stereocenters. The lowest BCUT2D eigenvalue weighted by atomic mass is 10.0. The van der Waals surface area contributed by atoms with E-state index in [0.717, 1.165) is 48.6 Å². The van der Waals surface area contributed by atoms with Gasteiger partial charge in [-0.25, -0.2) is 9.97 Å². The van der Waals surface area contributed by atoms with Crippen molar-refractivity contribution in [2.24, 2.45) is 0 Å². The highest BCUT2D eigenvalue weighted by Gasteiger charge is 2.29. The monoisotopic (exact) mass is 309 g/mol. The van der Waals surface area contributed by atoms with Crippen LogP contribution in [0.1, 0.15) is 49.6 Å². The first-order valence-electron chi connectivity index (χ1n) is 8.58. The molecular formula is C19H23N3O. The van der Waals surface area contributed by atoms with E-state index >= 15 is 0 Å². The summed E-state index contributed by atoms with van der Waals surface area (Å²) in [5, 5.41) is 9.87. The van der Waals surface area contributed by atoms with Crippen LogP contribution in [0.5, 0.6) is 0 Å². The van der Waals surface area contributed by atoms with Crippen molar-refractivity contribution < 1.29 is 5.11 Å². The zero-order valence-electron chi connectivity index (χ0n) is 13.8. The standard InChI is InChI=1S/C19H23N3O/c1-12-9-10-22(12)19-20-17-8-4-7-16(17)18(21-19)15-6-3-5-14(11-15)13(2)23/h3,5-6,11-13,23H,4,7-10H2,1-2H3/t12-,13?/m0/s1. The van der Waals surface area contributed by atoms with Gasteiger partial charge in [0, 0.05) is 29.4 Å². The molecule has 23 heavy (non-hydrogen) atoms. The van der Waals surface area contributed by atoms with Gasteiger partial charge in [-0.05, 0) is 51.2 Å². The number of benzene rings is 1. The summed E-state index contributed by atoms with van der Waals surface area (Å²) in [6.07, 6.45) is 4.02. The second-order valence-electron chi connectivity index (χ2n) is 6.78. The smallest absolute Gasteiger partial charge is 0.226 e. The molecule has 2 aromatic rings. The zero-order valence-corrected chi connectivity index (χ0v) is 13.8. The fourth-order valence-electron chi connectivity index (χ4n) is 3.55. The molecule has 0 radical (unpaired) electrons. The quantitative estimate of drug-likeness (QED) is 0.945. The molecule has 4 nitrogen and oxygen atoms in total. The molecule has 1 fully saturated rings. The molecule has 120 valence electrons. The predicted molar refractivity (Wildman–Crippen MR) is 91.6 cm³/mol. The van der Waals surface area contributed by atoms with Crippen LogP contribution in [0.3, 0.4) is 0 Å². The first-order chi connectivity index (χ1) is 11.1. The molecule has 0 bridgehead atoms. The second-order valence-corrected chi connectivity index (χ2v) is 6.78. The molecule has 4 rings (SSSR count). The molecule has 0 amide bonds. The molecule has 2 heterocycles. The van der Waals surface area contributed by atoms with Crippen molar-refractivity contribution in [3.8, 4) is 11.3 Å². The Morgan fingerprint density at radius 3 is 2.83 bits per heavy atom. The summed E-state index contributed by atoms with van der Waals surface area (Å²) in [5.41, 5.74) is 5.60. The minimum Gasteiger partial charge on any atom is -0.389 e. The van der Waals surface area contributed by atoms with E-state index in [9.17, 15) is 5.11 Å². The average molecular weight is 309 g/mol. The van der Waals surface area contributed by atoms with Gasteiger partial charge in [0.05, 0.1) is 11.8 Å². The first kappa shape index (κ1) is 14.6. The van der Waals surface area contributed by atoms with Crippen LogP contribution in [-0.2, 0) is 12.8 Å². The largest absolute Gasteiger partial charge is 0.389 e. The van der Waals surface area contributed by atoms with Gasteiger partial charge in [0.1, 0.15) is 0 Å². The van der Waals surface area contributed by atoms with Gasteiger partial charge in [-0.2, -0.15) is 0 Å². The number of hydrogen-bond acceptors (Lipinski definition) is 4. The summed E-state index contributed by atoms with van der Waals surface area (Å²) in [7, 11) is 0. The van der Waals surface area contributed by atoms with E-state index in [1.807, 2.05) is 12.1 Å². The van der Waals surface area contributed by atoms with Gasteiger partial charge in [-0.3, -0.25) is 0 Å². The van der Waals surface area contributed by atoms with Crippen LogP contribution in [0.4, 0.5) is 5.95 Å². The Morgan fingerprint density at radius 1 is 1.26 bits per heavy atom. The number of anilines is 1. The Labute approximate surface area is 137 Å². The molecule has 1 aromatic heterocycles. The van der Waals surface area contributed by atoms with E-state index in [0.29, 0.717) is 6.04 Å². The Bertz CT molecular complexity index is 741. The van der Waals surface area contributed by atoms with Crippen molar-refractivity contribution >= 4 is 5.95 Å². The maximum Gasteiger partial charge on any atom is 0.226 e. The third-order valence-electron chi connectivity index (χ3n) is 5.14. The van der Waals surface area contributed by atoms with Gasteiger partial charge >= 0.3 is 0 Å². The lowest BCUT2D eigenvalue weighted by Crippen LogP contribution is -2.46. The number of rotatable bonds is 3. The molecule has 0 saturated carbocycles. The molecular weight excluding hydrogens is 286 g/mol. The number of nitrogens with zero attached hydrogens (tertiary/aromatic N) is 3. The second kappa shape index (κ2) is 5.60. The van der Waals surface area contributed by atoms with Crippen LogP contribution in [0, 0.1) is 0 Å². The van der Waals surface area contributed by atoms with E-state index in [4.69, 9.17) is 9.97 Å². The summed E-state index contributed by atoms with van der Waals surface area (Å²) in [6.45, 7) is 5.08. The Kier molecular flexibility index (Phi) is 3.57. The minimum absolute atomic E-state index is 0.459. The molecule has 1 aromatic carbocycles. The number of aryl methyl sites for hydroxylation is 1. The molecule has 1 N–H and O–H groups in total. The third kappa shape index (κ3) is 2.51. The van der Waals surface area contributed by atoms with Gasteiger partial charge in [-0.1, -0.05) is 18.2 Å². The fraction of sp³-hybridized carbons (Fsp3) is 0.474. The summed E-state index contributed by atoms with van der Waals surface area (Å²) in [5.74, 6) is 0.877. The molecule has 0 spiro atoms. The highest BCUT2D eigenvalue weighted by Crippen LogP contribution is 2.34. The molecule has 2 aliphatic rings. The van der Waals surface area contributed by atoms with Crippen molar-refractivity contribution in [2.75, 3.05) is 11.4 Å². The van der Waals surface area contributed by atoms with E-state index in [1.54, 1.807) is 6.92 Å². The summed E-state index contributed by atoms with van der Waals surface area (Å²) < 4.78 is 0. The lowest BCUT2D eigenvalue weighted by Gasteiger charge is -2.39. The van der Waals surface area contributed by atoms with Gasteiger partial charge in [0.15, 0.2) is 0 Å². The fourth-order valence-corrected chi connectivity index (χ4v) is 3.55. The number of aliphatic hydroxyl groups is 1. The van der Waals surface area contributed by atoms with Gasteiger partial charge in [0.2, 0.25) is 5.95 Å². The Balaban J connectivity index is 1.82. The van der Waals surface area contributed by atoms with Crippen LogP contribution in [0.2, 0.25) is 0 Å². The van der Waals surface area contributed by atoms with E-state index in [1.165, 1.54) is 17.7 Å². The highest BCUT2D eigenvalue weighted by atomic mass is 16.3. The van der Waals surface area contributed by atoms with Crippen molar-refractivity contribution in [2.45, 2.75) is 51.7 Å². The summed E-state index contributed by atoms with van der Waals surface area (Å²) in [6, 6.07) is 8.66. The molecule has 4 heteroatoms. The van der Waals surface area contributed by atoms with E-state index < -0.39 is 6.10 Å². The maximum atomic E-state index is 9.87. The van der Waals surface area contributed by atoms with Crippen molar-refractivity contribution in [1.82, 2.24) is 9.97 Å². The molecule has 1 aliphatic heterocycles. The normalized spacial score (nSPS) is 21.0. The van der Waals surface area contributed by atoms with Gasteiger partial charge in [-0.15, -0.1) is 0 Å². The minimum atomic E-state index is -0.459. The van der Waals surface area contributed by atoms with Gasteiger partial charge in [0.25, 0.3) is 0 Å². The molecule has 1 aliphatic carbocycles. The Hall–Kier alpha value is -1.94. The summed E-state index contributed by atoms with van der Waals surface area (Å²) in [4.78, 5) is 12.0. The van der Waals surface area contributed by atoms with Crippen LogP contribution in [0.25, 0.3) is 11.3 Å². The van der Waals surface area contributed by atoms with E-state index in [-0.39, 0.29) is 0 Å². The van der Waals surface area contributed by atoms with Crippen LogP contribution < -0.4 is 4.90 Å². The number of aromatic nitrogens is 2. The van der Waals surface area contributed by atoms with Crippen molar-refractivity contribution in [3.05, 3.63) is 41.1 Å². The van der Waals surface area contributed by atoms with Crippen LogP contribution >= 0.6 is 0 Å². The van der Waals surface area contributed by atoms with Gasteiger partial charge < -0.3 is 10.0 Å². The SMILES string of the molecule is CC(O)c1cccc(-c2nc(N3CC[C@@H]3C)nc3c2CCC3)c1. The molecule has 1 unspecified atom stereocenters. The van der Waals surface area contributed by atoms with E-state index in [2.05, 4.69) is 24.0 Å². The average Bonchev–Trinajstić information content (AvgIpc) is 3.01. The predicted octanol–water partition coefficient (Wildman–Crippen LogP) is 3.28. The first-order valence-corrected chi connectivity index (χ1v) is 8.58. The topological polar surface area (TPSA) is 49.3 Å². The third-order valence-corrected chi connectivity index (χ3v) is 5.14. The highest BCUT2D eigenvalue weighted by molar-refractivity contribution is 5.67. The lowest BCUT2D eigenvalue weighted by molar-refractivity contribution is 0.199. The zero-order chi connectivity index (χ0) is 16.0.